The molecule has 0 aliphatic heterocycles. The van der Waals surface area contributed by atoms with Gasteiger partial charge >= 0.3 is 12.2 Å². The third kappa shape index (κ3) is 8.17. The van der Waals surface area contributed by atoms with Gasteiger partial charge in [-0.25, -0.2) is 9.59 Å². The summed E-state index contributed by atoms with van der Waals surface area (Å²) in [6.45, 7) is 6.33. The maximum atomic E-state index is 12.5. The first-order valence-electron chi connectivity index (χ1n) is 9.84. The zero-order chi connectivity index (χ0) is 20.6. The highest BCUT2D eigenvalue weighted by Crippen LogP contribution is 2.33. The van der Waals surface area contributed by atoms with Gasteiger partial charge in [0.05, 0.1) is 6.04 Å². The Balaban J connectivity index is 1.92. The molecular weight excluding hydrogens is 360 g/mol. The number of benzene rings is 1. The van der Waals surface area contributed by atoms with E-state index in [0.29, 0.717) is 25.4 Å². The lowest BCUT2D eigenvalue weighted by Gasteiger charge is -2.30. The first kappa shape index (κ1) is 22.0. The highest BCUT2D eigenvalue weighted by molar-refractivity contribution is 5.69. The zero-order valence-corrected chi connectivity index (χ0v) is 17.0. The molecule has 0 spiro atoms. The predicted molar refractivity (Wildman–Crippen MR) is 106 cm³/mol. The van der Waals surface area contributed by atoms with Crippen LogP contribution in [0.25, 0.3) is 0 Å². The molecule has 1 aliphatic carbocycles. The van der Waals surface area contributed by atoms with Crippen LogP contribution in [-0.4, -0.2) is 53.5 Å². The lowest BCUT2D eigenvalue weighted by atomic mass is 10.1. The fraction of sp³-hybridized carbons (Fsp3) is 0.619. The van der Waals surface area contributed by atoms with Crippen LogP contribution >= 0.6 is 0 Å². The number of amides is 2. The van der Waals surface area contributed by atoms with E-state index in [4.69, 9.17) is 14.6 Å². The second-order valence-corrected chi connectivity index (χ2v) is 8.15. The molecule has 1 fully saturated rings. The maximum absolute atomic E-state index is 12.5. The van der Waals surface area contributed by atoms with Crippen molar-refractivity contribution in [3.63, 3.8) is 0 Å². The fourth-order valence-corrected chi connectivity index (χ4v) is 2.81. The van der Waals surface area contributed by atoms with Crippen molar-refractivity contribution in [2.75, 3.05) is 19.7 Å². The summed E-state index contributed by atoms with van der Waals surface area (Å²) in [7, 11) is 0. The second kappa shape index (κ2) is 10.3. The minimum Gasteiger partial charge on any atom is -0.445 e. The number of alkyl carbamates (subject to hydrolysis) is 1. The van der Waals surface area contributed by atoms with Crippen molar-refractivity contribution in [1.82, 2.24) is 10.2 Å². The summed E-state index contributed by atoms with van der Waals surface area (Å²) in [5, 5.41) is 12.0. The Labute approximate surface area is 167 Å². The normalized spacial score (nSPS) is 14.9. The van der Waals surface area contributed by atoms with Crippen molar-refractivity contribution in [2.24, 2.45) is 5.92 Å². The standard InChI is InChI=1S/C21H32N2O5/c1-21(2,3)28-20(26)23(12-7-13-24)14-18(17-10-11-17)22-19(25)27-15-16-8-5-4-6-9-16/h4-6,8-9,17-18,24H,7,10-15H2,1-3H3,(H,22,25). The molecule has 2 N–H and O–H groups in total. The first-order chi connectivity index (χ1) is 13.3. The molecule has 0 heterocycles. The molecule has 156 valence electrons. The Morgan fingerprint density at radius 2 is 1.93 bits per heavy atom. The third-order valence-electron chi connectivity index (χ3n) is 4.36. The zero-order valence-electron chi connectivity index (χ0n) is 17.0. The minimum absolute atomic E-state index is 0.0139. The molecule has 1 aliphatic rings. The Morgan fingerprint density at radius 1 is 1.25 bits per heavy atom. The lowest BCUT2D eigenvalue weighted by Crippen LogP contribution is -2.48. The van der Waals surface area contributed by atoms with E-state index in [9.17, 15) is 9.59 Å². The topological polar surface area (TPSA) is 88.1 Å². The van der Waals surface area contributed by atoms with E-state index in [1.165, 1.54) is 0 Å². The number of aliphatic hydroxyl groups excluding tert-OH is 1. The van der Waals surface area contributed by atoms with Crippen molar-refractivity contribution < 1.29 is 24.2 Å². The van der Waals surface area contributed by atoms with Crippen molar-refractivity contribution >= 4 is 12.2 Å². The largest absolute Gasteiger partial charge is 0.445 e. The van der Waals surface area contributed by atoms with Crippen molar-refractivity contribution in [2.45, 2.75) is 58.3 Å². The molecule has 1 atom stereocenters. The molecule has 7 nitrogen and oxygen atoms in total. The van der Waals surface area contributed by atoms with Crippen LogP contribution in [0, 0.1) is 5.92 Å². The van der Waals surface area contributed by atoms with Gasteiger partial charge < -0.3 is 24.8 Å². The highest BCUT2D eigenvalue weighted by Gasteiger charge is 2.35. The number of rotatable bonds is 9. The lowest BCUT2D eigenvalue weighted by molar-refractivity contribution is 0.0214. The minimum atomic E-state index is -0.605. The van der Waals surface area contributed by atoms with Gasteiger partial charge in [0.1, 0.15) is 12.2 Å². The van der Waals surface area contributed by atoms with E-state index in [1.807, 2.05) is 51.1 Å². The summed E-state index contributed by atoms with van der Waals surface area (Å²) >= 11 is 0. The Kier molecular flexibility index (Phi) is 8.11. The van der Waals surface area contributed by atoms with E-state index in [-0.39, 0.29) is 19.3 Å². The van der Waals surface area contributed by atoms with Gasteiger partial charge in [-0.15, -0.1) is 0 Å². The van der Waals surface area contributed by atoms with Gasteiger partial charge in [-0.3, -0.25) is 0 Å². The summed E-state index contributed by atoms with van der Waals surface area (Å²) in [6, 6.07) is 9.28. The number of hydrogen-bond acceptors (Lipinski definition) is 5. The number of carbonyl (C=O) groups excluding carboxylic acids is 2. The van der Waals surface area contributed by atoms with E-state index >= 15 is 0 Å². The van der Waals surface area contributed by atoms with Crippen molar-refractivity contribution in [3.8, 4) is 0 Å². The summed E-state index contributed by atoms with van der Waals surface area (Å²) in [4.78, 5) is 26.3. The smallest absolute Gasteiger partial charge is 0.410 e. The van der Waals surface area contributed by atoms with E-state index < -0.39 is 17.8 Å². The molecule has 1 aromatic carbocycles. The van der Waals surface area contributed by atoms with Crippen LogP contribution in [0.1, 0.15) is 45.6 Å². The molecule has 7 heteroatoms. The third-order valence-corrected chi connectivity index (χ3v) is 4.36. The number of carbonyl (C=O) groups is 2. The van der Waals surface area contributed by atoms with Crippen LogP contribution in [0.5, 0.6) is 0 Å². The fourth-order valence-electron chi connectivity index (χ4n) is 2.81. The SMILES string of the molecule is CC(C)(C)OC(=O)N(CCCO)CC(NC(=O)OCc1ccccc1)C1CC1. The van der Waals surface area contributed by atoms with Crippen molar-refractivity contribution in [1.29, 1.82) is 0 Å². The molecule has 1 unspecified atom stereocenters. The second-order valence-electron chi connectivity index (χ2n) is 8.15. The maximum Gasteiger partial charge on any atom is 0.410 e. The molecule has 1 saturated carbocycles. The van der Waals surface area contributed by atoms with E-state index in [0.717, 1.165) is 18.4 Å². The molecule has 2 amide bonds. The molecule has 0 bridgehead atoms. The van der Waals surface area contributed by atoms with Gasteiger partial charge in [-0.1, -0.05) is 30.3 Å². The van der Waals surface area contributed by atoms with Gasteiger partial charge in [0.15, 0.2) is 0 Å². The quantitative estimate of drug-likeness (QED) is 0.673. The molecule has 0 saturated heterocycles. The van der Waals surface area contributed by atoms with Crippen LogP contribution in [0.3, 0.4) is 0 Å². The molecular formula is C21H32N2O5. The number of hydrogen-bond donors (Lipinski definition) is 2. The molecule has 0 radical (unpaired) electrons. The number of aliphatic hydroxyl groups is 1. The highest BCUT2D eigenvalue weighted by atomic mass is 16.6. The van der Waals surface area contributed by atoms with Gasteiger partial charge in [0.25, 0.3) is 0 Å². The van der Waals surface area contributed by atoms with Crippen molar-refractivity contribution in [3.05, 3.63) is 35.9 Å². The van der Waals surface area contributed by atoms with E-state index in [1.54, 1.807) is 4.90 Å². The number of ether oxygens (including phenoxy) is 2. The Hall–Kier alpha value is -2.28. The van der Waals surface area contributed by atoms with Crippen LogP contribution in [0.4, 0.5) is 9.59 Å². The number of nitrogens with one attached hydrogen (secondary N) is 1. The molecule has 2 rings (SSSR count). The Morgan fingerprint density at radius 3 is 2.50 bits per heavy atom. The van der Waals surface area contributed by atoms with Crippen LogP contribution < -0.4 is 5.32 Å². The van der Waals surface area contributed by atoms with Crippen LogP contribution in [0.15, 0.2) is 30.3 Å². The summed E-state index contributed by atoms with van der Waals surface area (Å²) in [5.74, 6) is 0.323. The monoisotopic (exact) mass is 392 g/mol. The van der Waals surface area contributed by atoms with Gasteiger partial charge in [0.2, 0.25) is 0 Å². The van der Waals surface area contributed by atoms with Crippen LogP contribution in [0.2, 0.25) is 0 Å². The summed E-state index contributed by atoms with van der Waals surface area (Å²) in [5.41, 5.74) is 0.310. The average molecular weight is 392 g/mol. The first-order valence-corrected chi connectivity index (χ1v) is 9.84. The van der Waals surface area contributed by atoms with Gasteiger partial charge in [-0.05, 0) is 51.5 Å². The summed E-state index contributed by atoms with van der Waals surface area (Å²) < 4.78 is 10.8. The van der Waals surface area contributed by atoms with Crippen LogP contribution in [-0.2, 0) is 16.1 Å². The molecule has 1 aromatic rings. The average Bonchev–Trinajstić information content (AvgIpc) is 3.47. The van der Waals surface area contributed by atoms with Gasteiger partial charge in [0, 0.05) is 19.7 Å². The molecule has 0 aromatic heterocycles. The van der Waals surface area contributed by atoms with Gasteiger partial charge in [-0.2, -0.15) is 0 Å². The Bertz CT molecular complexity index is 625. The number of nitrogens with zero attached hydrogens (tertiary/aromatic N) is 1. The predicted octanol–water partition coefficient (Wildman–Crippen LogP) is 3.31. The summed E-state index contributed by atoms with van der Waals surface area (Å²) in [6.07, 6.45) is 1.53. The van der Waals surface area contributed by atoms with E-state index in [2.05, 4.69) is 5.32 Å². The molecule has 28 heavy (non-hydrogen) atoms.